The number of H-pyrrole nitrogens is 1. The standard InChI is InChI=1S/C12H10Br2N2O3/c1-18-8-4-3-6(5-7(8)13)10-9(14)11(16-15-10)12(17)19-2/h3-5H,1-2H3,(H,15,16). The van der Waals surface area contributed by atoms with Crippen molar-refractivity contribution in [2.24, 2.45) is 0 Å². The molecule has 2 aromatic rings. The molecular formula is C12H10Br2N2O3. The quantitative estimate of drug-likeness (QED) is 0.817. The van der Waals surface area contributed by atoms with Gasteiger partial charge in [0.05, 0.1) is 23.2 Å². The minimum atomic E-state index is -0.474. The summed E-state index contributed by atoms with van der Waals surface area (Å²) in [4.78, 5) is 11.5. The van der Waals surface area contributed by atoms with E-state index in [0.717, 1.165) is 15.8 Å². The minimum Gasteiger partial charge on any atom is -0.496 e. The second-order valence-electron chi connectivity index (χ2n) is 3.60. The summed E-state index contributed by atoms with van der Waals surface area (Å²) in [7, 11) is 2.92. The molecule has 0 amide bonds. The van der Waals surface area contributed by atoms with Gasteiger partial charge in [-0.25, -0.2) is 4.79 Å². The van der Waals surface area contributed by atoms with Gasteiger partial charge in [0.15, 0.2) is 5.69 Å². The fraction of sp³-hybridized carbons (Fsp3) is 0.167. The molecule has 0 aliphatic heterocycles. The first kappa shape index (κ1) is 14.1. The van der Waals surface area contributed by atoms with Crippen LogP contribution in [-0.4, -0.2) is 30.4 Å². The average molecular weight is 390 g/mol. The van der Waals surface area contributed by atoms with Gasteiger partial charge < -0.3 is 9.47 Å². The van der Waals surface area contributed by atoms with E-state index in [9.17, 15) is 4.79 Å². The fourth-order valence-corrected chi connectivity index (χ4v) is 2.68. The first-order valence-corrected chi connectivity index (χ1v) is 6.83. The lowest BCUT2D eigenvalue weighted by molar-refractivity contribution is 0.0593. The molecule has 0 spiro atoms. The van der Waals surface area contributed by atoms with Gasteiger partial charge in [0.2, 0.25) is 0 Å². The van der Waals surface area contributed by atoms with Gasteiger partial charge in [-0.3, -0.25) is 5.10 Å². The van der Waals surface area contributed by atoms with Crippen molar-refractivity contribution in [2.45, 2.75) is 0 Å². The third kappa shape index (κ3) is 2.66. The molecule has 1 heterocycles. The number of rotatable bonds is 3. The molecule has 1 aromatic heterocycles. The summed E-state index contributed by atoms with van der Waals surface area (Å²) in [5.74, 6) is 0.252. The SMILES string of the molecule is COC(=O)c1[nH]nc(-c2ccc(OC)c(Br)c2)c1Br. The summed E-state index contributed by atoms with van der Waals surface area (Å²) >= 11 is 6.76. The Balaban J connectivity index is 2.45. The van der Waals surface area contributed by atoms with Crippen LogP contribution in [0.15, 0.2) is 27.1 Å². The largest absolute Gasteiger partial charge is 0.496 e. The Bertz CT molecular complexity index is 625. The lowest BCUT2D eigenvalue weighted by Gasteiger charge is -2.05. The Morgan fingerprint density at radius 2 is 2.05 bits per heavy atom. The van der Waals surface area contributed by atoms with Gasteiger partial charge in [-0.05, 0) is 50.1 Å². The molecule has 1 N–H and O–H groups in total. The number of nitrogens with one attached hydrogen (secondary N) is 1. The van der Waals surface area contributed by atoms with Crippen LogP contribution in [-0.2, 0) is 4.74 Å². The Hall–Kier alpha value is -1.34. The topological polar surface area (TPSA) is 64.2 Å². The highest BCUT2D eigenvalue weighted by molar-refractivity contribution is 9.11. The first-order chi connectivity index (χ1) is 9.08. The number of carbonyl (C=O) groups excluding carboxylic acids is 1. The van der Waals surface area contributed by atoms with Crippen molar-refractivity contribution in [3.8, 4) is 17.0 Å². The number of carbonyl (C=O) groups is 1. The number of hydrogen-bond acceptors (Lipinski definition) is 4. The molecule has 0 radical (unpaired) electrons. The van der Waals surface area contributed by atoms with Gasteiger partial charge in [0.25, 0.3) is 0 Å². The number of nitrogens with zero attached hydrogens (tertiary/aromatic N) is 1. The van der Waals surface area contributed by atoms with Crippen LogP contribution in [0.25, 0.3) is 11.3 Å². The van der Waals surface area contributed by atoms with Gasteiger partial charge in [-0.15, -0.1) is 0 Å². The van der Waals surface area contributed by atoms with Crippen molar-refractivity contribution in [1.29, 1.82) is 0 Å². The maximum Gasteiger partial charge on any atom is 0.357 e. The predicted octanol–water partition coefficient (Wildman–Crippen LogP) is 3.40. The molecule has 0 unspecified atom stereocenters. The molecule has 0 aliphatic carbocycles. The van der Waals surface area contributed by atoms with E-state index < -0.39 is 5.97 Å². The van der Waals surface area contributed by atoms with Gasteiger partial charge in [-0.2, -0.15) is 5.10 Å². The van der Waals surface area contributed by atoms with Crippen LogP contribution >= 0.6 is 31.9 Å². The van der Waals surface area contributed by atoms with Crippen molar-refractivity contribution in [2.75, 3.05) is 14.2 Å². The van der Waals surface area contributed by atoms with Crippen LogP contribution in [0.3, 0.4) is 0 Å². The van der Waals surface area contributed by atoms with E-state index in [2.05, 4.69) is 46.8 Å². The van der Waals surface area contributed by atoms with Crippen LogP contribution in [0, 0.1) is 0 Å². The lowest BCUT2D eigenvalue weighted by Crippen LogP contribution is -2.02. The van der Waals surface area contributed by atoms with Gasteiger partial charge in [0.1, 0.15) is 11.4 Å². The van der Waals surface area contributed by atoms with E-state index in [1.807, 2.05) is 18.2 Å². The summed E-state index contributed by atoms with van der Waals surface area (Å²) in [6, 6.07) is 5.53. The van der Waals surface area contributed by atoms with E-state index in [0.29, 0.717) is 10.2 Å². The molecule has 0 bridgehead atoms. The Kier molecular flexibility index (Phi) is 4.26. The molecule has 2 rings (SSSR count). The molecule has 0 atom stereocenters. The maximum atomic E-state index is 11.5. The van der Waals surface area contributed by atoms with Gasteiger partial charge >= 0.3 is 5.97 Å². The van der Waals surface area contributed by atoms with Crippen LogP contribution < -0.4 is 4.74 Å². The lowest BCUT2D eigenvalue weighted by atomic mass is 10.1. The fourth-order valence-electron chi connectivity index (χ4n) is 1.57. The summed E-state index contributed by atoms with van der Waals surface area (Å²) < 4.78 is 11.2. The van der Waals surface area contributed by atoms with Gasteiger partial charge in [0, 0.05) is 5.56 Å². The van der Waals surface area contributed by atoms with E-state index >= 15 is 0 Å². The first-order valence-electron chi connectivity index (χ1n) is 5.24. The van der Waals surface area contributed by atoms with Crippen LogP contribution in [0.2, 0.25) is 0 Å². The Labute approximate surface area is 126 Å². The van der Waals surface area contributed by atoms with Crippen molar-refractivity contribution >= 4 is 37.8 Å². The Morgan fingerprint density at radius 1 is 1.32 bits per heavy atom. The monoisotopic (exact) mass is 388 g/mol. The summed E-state index contributed by atoms with van der Waals surface area (Å²) in [5.41, 5.74) is 1.75. The van der Waals surface area contributed by atoms with Crippen molar-refractivity contribution in [3.05, 3.63) is 32.8 Å². The second kappa shape index (κ2) is 5.75. The zero-order valence-electron chi connectivity index (χ0n) is 10.2. The predicted molar refractivity (Wildman–Crippen MR) is 77.3 cm³/mol. The molecule has 19 heavy (non-hydrogen) atoms. The second-order valence-corrected chi connectivity index (χ2v) is 5.25. The molecule has 7 heteroatoms. The Morgan fingerprint density at radius 3 is 2.63 bits per heavy atom. The highest BCUT2D eigenvalue weighted by Gasteiger charge is 2.19. The molecule has 0 aliphatic rings. The number of esters is 1. The van der Waals surface area contributed by atoms with Gasteiger partial charge in [-0.1, -0.05) is 0 Å². The molecule has 0 saturated heterocycles. The normalized spacial score (nSPS) is 10.3. The van der Waals surface area contributed by atoms with Crippen LogP contribution in [0.1, 0.15) is 10.5 Å². The number of aromatic nitrogens is 2. The smallest absolute Gasteiger partial charge is 0.357 e. The molecule has 0 fully saturated rings. The van der Waals surface area contributed by atoms with E-state index in [1.54, 1.807) is 7.11 Å². The zero-order chi connectivity index (χ0) is 14.0. The van der Waals surface area contributed by atoms with E-state index in [-0.39, 0.29) is 5.69 Å². The van der Waals surface area contributed by atoms with Crippen molar-refractivity contribution < 1.29 is 14.3 Å². The average Bonchev–Trinajstić information content (AvgIpc) is 2.79. The molecule has 0 saturated carbocycles. The minimum absolute atomic E-state index is 0.282. The number of halogens is 2. The number of methoxy groups -OCH3 is 2. The van der Waals surface area contributed by atoms with Crippen LogP contribution in [0.4, 0.5) is 0 Å². The highest BCUT2D eigenvalue weighted by Crippen LogP contribution is 2.34. The van der Waals surface area contributed by atoms with E-state index in [1.165, 1.54) is 7.11 Å². The zero-order valence-corrected chi connectivity index (χ0v) is 13.3. The summed E-state index contributed by atoms with van der Waals surface area (Å²) in [6.07, 6.45) is 0. The van der Waals surface area contributed by atoms with E-state index in [4.69, 9.17) is 4.74 Å². The number of hydrogen-bond donors (Lipinski definition) is 1. The summed E-state index contributed by atoms with van der Waals surface area (Å²) in [5, 5.41) is 6.77. The number of aromatic amines is 1. The third-order valence-corrected chi connectivity index (χ3v) is 3.91. The molecule has 1 aromatic carbocycles. The summed E-state index contributed by atoms with van der Waals surface area (Å²) in [6.45, 7) is 0. The van der Waals surface area contributed by atoms with Crippen molar-refractivity contribution in [3.63, 3.8) is 0 Å². The maximum absolute atomic E-state index is 11.5. The van der Waals surface area contributed by atoms with Crippen molar-refractivity contribution in [1.82, 2.24) is 10.2 Å². The molecule has 100 valence electrons. The number of ether oxygens (including phenoxy) is 2. The third-order valence-electron chi connectivity index (χ3n) is 2.52. The number of benzene rings is 1. The highest BCUT2D eigenvalue weighted by atomic mass is 79.9. The van der Waals surface area contributed by atoms with Crippen LogP contribution in [0.5, 0.6) is 5.75 Å². The molecular weight excluding hydrogens is 380 g/mol. The molecule has 5 nitrogen and oxygen atoms in total.